The fraction of sp³-hybridized carbons (Fsp3) is 0.241. The summed E-state index contributed by atoms with van der Waals surface area (Å²) in [5, 5.41) is 15.8. The molecular formula is C29H31N3O3. The van der Waals surface area contributed by atoms with Gasteiger partial charge >= 0.3 is 12.0 Å². The molecule has 35 heavy (non-hydrogen) atoms. The van der Waals surface area contributed by atoms with Crippen LogP contribution >= 0.6 is 0 Å². The summed E-state index contributed by atoms with van der Waals surface area (Å²) in [7, 11) is 0. The number of nitrogens with one attached hydrogen (secondary N) is 2. The number of carboxylic acid groups (broad SMARTS) is 1. The highest BCUT2D eigenvalue weighted by Crippen LogP contribution is 2.24. The van der Waals surface area contributed by atoms with Gasteiger partial charge in [-0.05, 0) is 46.4 Å². The Kier molecular flexibility index (Phi) is 6.92. The summed E-state index contributed by atoms with van der Waals surface area (Å²) < 4.78 is 2.17. The monoisotopic (exact) mass is 469 g/mol. The van der Waals surface area contributed by atoms with Crippen LogP contribution in [-0.4, -0.2) is 27.7 Å². The van der Waals surface area contributed by atoms with Crippen LogP contribution in [0.15, 0.2) is 85.1 Å². The van der Waals surface area contributed by atoms with Gasteiger partial charge in [-0.2, -0.15) is 0 Å². The van der Waals surface area contributed by atoms with Crippen LogP contribution in [0.3, 0.4) is 0 Å². The summed E-state index contributed by atoms with van der Waals surface area (Å²) in [6.45, 7) is 7.37. The van der Waals surface area contributed by atoms with Crippen molar-refractivity contribution in [3.63, 3.8) is 0 Å². The highest BCUT2D eigenvalue weighted by Gasteiger charge is 2.20. The zero-order valence-electron chi connectivity index (χ0n) is 20.3. The molecule has 0 spiro atoms. The van der Waals surface area contributed by atoms with Gasteiger partial charge in [-0.3, -0.25) is 0 Å². The molecule has 0 bridgehead atoms. The number of aromatic nitrogens is 1. The molecular weight excluding hydrogens is 438 g/mol. The fourth-order valence-corrected chi connectivity index (χ4v) is 4.10. The number of aliphatic carboxylic acids is 1. The minimum absolute atomic E-state index is 0.125. The summed E-state index contributed by atoms with van der Waals surface area (Å²) in [4.78, 5) is 24.1. The maximum absolute atomic E-state index is 12.5. The van der Waals surface area contributed by atoms with Gasteiger partial charge in [0.1, 0.15) is 6.04 Å². The van der Waals surface area contributed by atoms with Crippen LogP contribution in [0.4, 0.5) is 10.5 Å². The van der Waals surface area contributed by atoms with E-state index in [1.54, 1.807) is 0 Å². The van der Waals surface area contributed by atoms with Gasteiger partial charge in [-0.25, -0.2) is 9.59 Å². The number of hydrogen-bond donors (Lipinski definition) is 3. The number of benzene rings is 3. The van der Waals surface area contributed by atoms with E-state index in [9.17, 15) is 14.7 Å². The Hall–Kier alpha value is -4.06. The molecule has 1 atom stereocenters. The highest BCUT2D eigenvalue weighted by atomic mass is 16.4. The number of carbonyl (C=O) groups excluding carboxylic acids is 1. The van der Waals surface area contributed by atoms with Gasteiger partial charge < -0.3 is 20.3 Å². The molecule has 6 nitrogen and oxygen atoms in total. The van der Waals surface area contributed by atoms with Gasteiger partial charge in [0.2, 0.25) is 0 Å². The Morgan fingerprint density at radius 2 is 1.63 bits per heavy atom. The molecule has 1 aromatic heterocycles. The van der Waals surface area contributed by atoms with E-state index in [-0.39, 0.29) is 11.8 Å². The van der Waals surface area contributed by atoms with Crippen LogP contribution in [0.1, 0.15) is 37.5 Å². The minimum Gasteiger partial charge on any atom is -0.480 e. The Balaban J connectivity index is 1.42. The molecule has 4 aromatic rings. The molecule has 2 amide bonds. The van der Waals surface area contributed by atoms with Crippen molar-refractivity contribution < 1.29 is 14.7 Å². The SMILES string of the molecule is CC(C)(C)c1ccc(Cn2ccc3cc(NC(=O)NC(Cc4ccccc4)C(=O)O)ccc32)cc1. The van der Waals surface area contributed by atoms with E-state index in [1.165, 1.54) is 11.1 Å². The Labute approximate surface area is 205 Å². The zero-order valence-corrected chi connectivity index (χ0v) is 20.3. The number of nitrogens with zero attached hydrogens (tertiary/aromatic N) is 1. The molecule has 0 saturated carbocycles. The first kappa shape index (κ1) is 24.1. The number of fused-ring (bicyclic) bond motifs is 1. The third-order valence-electron chi connectivity index (χ3n) is 6.09. The standard InChI is InChI=1S/C29H31N3O3/c1-29(2,3)23-11-9-21(10-12-23)19-32-16-15-22-18-24(13-14-26(22)32)30-28(35)31-25(27(33)34)17-20-7-5-4-6-8-20/h4-16,18,25H,17,19H2,1-3H3,(H,33,34)(H2,30,31,35). The number of anilines is 1. The van der Waals surface area contributed by atoms with Crippen LogP contribution in [-0.2, 0) is 23.2 Å². The van der Waals surface area contributed by atoms with Crippen molar-refractivity contribution in [3.05, 3.63) is 102 Å². The topological polar surface area (TPSA) is 83.4 Å². The maximum atomic E-state index is 12.5. The van der Waals surface area contributed by atoms with Gasteiger partial charge in [0, 0.05) is 35.8 Å². The normalized spacial score (nSPS) is 12.3. The van der Waals surface area contributed by atoms with Crippen LogP contribution in [0.2, 0.25) is 0 Å². The summed E-state index contributed by atoms with van der Waals surface area (Å²) in [5.74, 6) is -1.08. The molecule has 3 aromatic carbocycles. The van der Waals surface area contributed by atoms with Crippen molar-refractivity contribution in [3.8, 4) is 0 Å². The van der Waals surface area contributed by atoms with Crippen molar-refractivity contribution in [1.29, 1.82) is 0 Å². The van der Waals surface area contributed by atoms with E-state index in [1.807, 2.05) is 60.8 Å². The lowest BCUT2D eigenvalue weighted by Crippen LogP contribution is -2.44. The predicted octanol–water partition coefficient (Wildman–Crippen LogP) is 5.80. The first-order valence-electron chi connectivity index (χ1n) is 11.7. The van der Waals surface area contributed by atoms with E-state index in [0.29, 0.717) is 5.69 Å². The lowest BCUT2D eigenvalue weighted by atomic mass is 9.87. The van der Waals surface area contributed by atoms with Crippen LogP contribution in [0.5, 0.6) is 0 Å². The predicted molar refractivity (Wildman–Crippen MR) is 140 cm³/mol. The maximum Gasteiger partial charge on any atom is 0.326 e. The van der Waals surface area contributed by atoms with Gasteiger partial charge in [0.25, 0.3) is 0 Å². The average molecular weight is 470 g/mol. The molecule has 4 rings (SSSR count). The second kappa shape index (κ2) is 10.1. The minimum atomic E-state index is -1.08. The average Bonchev–Trinajstić information content (AvgIpc) is 3.21. The Bertz CT molecular complexity index is 1320. The molecule has 3 N–H and O–H groups in total. The second-order valence-electron chi connectivity index (χ2n) is 9.84. The van der Waals surface area contributed by atoms with Gasteiger partial charge in [-0.15, -0.1) is 0 Å². The summed E-state index contributed by atoms with van der Waals surface area (Å²) in [5.41, 5.74) is 5.16. The van der Waals surface area contributed by atoms with E-state index >= 15 is 0 Å². The number of amides is 2. The molecule has 1 heterocycles. The molecule has 0 aliphatic rings. The number of carboxylic acids is 1. The molecule has 180 valence electrons. The fourth-order valence-electron chi connectivity index (χ4n) is 4.10. The summed E-state index contributed by atoms with van der Waals surface area (Å²) >= 11 is 0. The second-order valence-corrected chi connectivity index (χ2v) is 9.84. The van der Waals surface area contributed by atoms with Crippen LogP contribution < -0.4 is 10.6 Å². The van der Waals surface area contributed by atoms with Crippen molar-refractivity contribution >= 4 is 28.6 Å². The van der Waals surface area contributed by atoms with E-state index < -0.39 is 18.0 Å². The molecule has 0 aliphatic heterocycles. The molecule has 0 radical (unpaired) electrons. The highest BCUT2D eigenvalue weighted by molar-refractivity contribution is 5.94. The third-order valence-corrected chi connectivity index (χ3v) is 6.09. The number of urea groups is 1. The van der Waals surface area contributed by atoms with E-state index in [0.717, 1.165) is 23.0 Å². The van der Waals surface area contributed by atoms with Crippen LogP contribution in [0.25, 0.3) is 10.9 Å². The molecule has 6 heteroatoms. The molecule has 0 fully saturated rings. The first-order chi connectivity index (χ1) is 16.7. The number of hydrogen-bond acceptors (Lipinski definition) is 2. The first-order valence-corrected chi connectivity index (χ1v) is 11.7. The zero-order chi connectivity index (χ0) is 25.0. The van der Waals surface area contributed by atoms with E-state index in [4.69, 9.17) is 0 Å². The summed E-state index contributed by atoms with van der Waals surface area (Å²) in [6.07, 6.45) is 2.24. The number of carbonyl (C=O) groups is 2. The lowest BCUT2D eigenvalue weighted by molar-refractivity contribution is -0.139. The Morgan fingerprint density at radius 3 is 2.29 bits per heavy atom. The Morgan fingerprint density at radius 1 is 0.914 bits per heavy atom. The van der Waals surface area contributed by atoms with Crippen molar-refractivity contribution in [2.24, 2.45) is 0 Å². The molecule has 1 unspecified atom stereocenters. The van der Waals surface area contributed by atoms with Gasteiger partial charge in [0.05, 0.1) is 0 Å². The number of rotatable bonds is 7. The van der Waals surface area contributed by atoms with Crippen LogP contribution in [0, 0.1) is 0 Å². The third kappa shape index (κ3) is 6.09. The molecule has 0 saturated heterocycles. The van der Waals surface area contributed by atoms with Crippen molar-refractivity contribution in [2.45, 2.75) is 45.2 Å². The summed E-state index contributed by atoms with van der Waals surface area (Å²) in [6, 6.07) is 24.1. The van der Waals surface area contributed by atoms with Gasteiger partial charge in [-0.1, -0.05) is 75.4 Å². The van der Waals surface area contributed by atoms with Gasteiger partial charge in [0.15, 0.2) is 0 Å². The lowest BCUT2D eigenvalue weighted by Gasteiger charge is -2.19. The largest absolute Gasteiger partial charge is 0.480 e. The van der Waals surface area contributed by atoms with Crippen molar-refractivity contribution in [2.75, 3.05) is 5.32 Å². The van der Waals surface area contributed by atoms with E-state index in [2.05, 4.69) is 60.2 Å². The quantitative estimate of drug-likeness (QED) is 0.320. The van der Waals surface area contributed by atoms with Crippen molar-refractivity contribution in [1.82, 2.24) is 9.88 Å². The smallest absolute Gasteiger partial charge is 0.326 e. The molecule has 0 aliphatic carbocycles.